The van der Waals surface area contributed by atoms with Gasteiger partial charge in [0.25, 0.3) is 0 Å². The molecule has 0 fully saturated rings. The van der Waals surface area contributed by atoms with Crippen molar-refractivity contribution in [2.75, 3.05) is 0 Å². The number of benzene rings is 2. The van der Waals surface area contributed by atoms with Gasteiger partial charge in [0, 0.05) is 10.9 Å². The SMILES string of the molecule is C=C(c1c(C(C)C)c(C(C)(C)C)c(O)c2c(C(C)C)c(C(C)C)ccc12)C(C)C. The van der Waals surface area contributed by atoms with Gasteiger partial charge in [-0.15, -0.1) is 0 Å². The fraction of sp³-hybridized carbons (Fsp3) is 0.571. The molecule has 0 saturated heterocycles. The van der Waals surface area contributed by atoms with E-state index < -0.39 is 0 Å². The topological polar surface area (TPSA) is 20.2 Å². The van der Waals surface area contributed by atoms with Crippen LogP contribution in [0.3, 0.4) is 0 Å². The molecule has 0 spiro atoms. The average molecular weight is 395 g/mol. The van der Waals surface area contributed by atoms with E-state index in [1.165, 1.54) is 22.3 Å². The normalized spacial score (nSPS) is 12.8. The van der Waals surface area contributed by atoms with Crippen LogP contribution in [0, 0.1) is 5.92 Å². The maximum atomic E-state index is 11.8. The number of allylic oxidation sites excluding steroid dienone is 1. The average Bonchev–Trinajstić information content (AvgIpc) is 2.58. The maximum absolute atomic E-state index is 11.8. The van der Waals surface area contributed by atoms with Gasteiger partial charge in [0.2, 0.25) is 0 Å². The summed E-state index contributed by atoms with van der Waals surface area (Å²) in [6.07, 6.45) is 0. The molecule has 2 aromatic carbocycles. The highest BCUT2D eigenvalue weighted by molar-refractivity contribution is 6.03. The Morgan fingerprint density at radius 1 is 0.828 bits per heavy atom. The molecule has 0 amide bonds. The van der Waals surface area contributed by atoms with Gasteiger partial charge in [-0.25, -0.2) is 0 Å². The van der Waals surface area contributed by atoms with Crippen molar-refractivity contribution in [2.45, 2.75) is 99.3 Å². The van der Waals surface area contributed by atoms with Gasteiger partial charge in [0.05, 0.1) is 0 Å². The van der Waals surface area contributed by atoms with Crippen LogP contribution in [0.15, 0.2) is 18.7 Å². The third kappa shape index (κ3) is 4.11. The second-order valence-electron chi connectivity index (χ2n) is 10.9. The minimum atomic E-state index is -0.161. The predicted molar refractivity (Wildman–Crippen MR) is 130 cm³/mol. The summed E-state index contributed by atoms with van der Waals surface area (Å²) < 4.78 is 0. The van der Waals surface area contributed by atoms with Crippen LogP contribution in [-0.2, 0) is 5.41 Å². The van der Waals surface area contributed by atoms with Crippen LogP contribution in [0.5, 0.6) is 5.75 Å². The number of aromatic hydroxyl groups is 1. The molecule has 2 aromatic rings. The molecule has 160 valence electrons. The Kier molecular flexibility index (Phi) is 6.62. The molecule has 1 nitrogen and oxygen atoms in total. The molecule has 0 unspecified atom stereocenters. The first kappa shape index (κ1) is 23.5. The number of hydrogen-bond donors (Lipinski definition) is 1. The zero-order chi connectivity index (χ0) is 22.4. The van der Waals surface area contributed by atoms with Gasteiger partial charge in [-0.3, -0.25) is 0 Å². The monoisotopic (exact) mass is 394 g/mol. The van der Waals surface area contributed by atoms with E-state index in [9.17, 15) is 5.11 Å². The van der Waals surface area contributed by atoms with Crippen LogP contribution in [0.25, 0.3) is 16.3 Å². The fourth-order valence-electron chi connectivity index (χ4n) is 4.72. The second-order valence-corrected chi connectivity index (χ2v) is 10.9. The number of phenols is 1. The molecular weight excluding hydrogens is 352 g/mol. The molecule has 0 radical (unpaired) electrons. The Hall–Kier alpha value is -1.76. The van der Waals surface area contributed by atoms with Crippen LogP contribution >= 0.6 is 0 Å². The van der Waals surface area contributed by atoms with Gasteiger partial charge in [0.1, 0.15) is 5.75 Å². The van der Waals surface area contributed by atoms with Gasteiger partial charge in [-0.2, -0.15) is 0 Å². The first-order valence-corrected chi connectivity index (χ1v) is 11.3. The zero-order valence-electron chi connectivity index (χ0n) is 20.6. The Balaban J connectivity index is 3.30. The van der Waals surface area contributed by atoms with Crippen LogP contribution < -0.4 is 0 Å². The summed E-state index contributed by atoms with van der Waals surface area (Å²) in [4.78, 5) is 0. The van der Waals surface area contributed by atoms with E-state index in [0.29, 0.717) is 29.4 Å². The molecule has 29 heavy (non-hydrogen) atoms. The molecule has 0 heterocycles. The Labute approximate surface area is 179 Å². The van der Waals surface area contributed by atoms with Crippen LogP contribution in [0.1, 0.15) is 122 Å². The fourth-order valence-corrected chi connectivity index (χ4v) is 4.72. The summed E-state index contributed by atoms with van der Waals surface area (Å²) in [5.41, 5.74) is 7.22. The number of fused-ring (bicyclic) bond motifs is 1. The van der Waals surface area contributed by atoms with Crippen molar-refractivity contribution < 1.29 is 5.11 Å². The molecule has 2 rings (SSSR count). The first-order chi connectivity index (χ1) is 13.2. The van der Waals surface area contributed by atoms with E-state index in [4.69, 9.17) is 0 Å². The summed E-state index contributed by atoms with van der Waals surface area (Å²) in [5, 5.41) is 14.0. The highest BCUT2D eigenvalue weighted by Gasteiger charge is 2.31. The van der Waals surface area contributed by atoms with Crippen molar-refractivity contribution in [2.24, 2.45) is 5.92 Å². The van der Waals surface area contributed by atoms with Gasteiger partial charge in [0.15, 0.2) is 0 Å². The van der Waals surface area contributed by atoms with Gasteiger partial charge in [-0.1, -0.05) is 94.9 Å². The molecule has 0 aromatic heterocycles. The van der Waals surface area contributed by atoms with Crippen LogP contribution in [-0.4, -0.2) is 5.11 Å². The lowest BCUT2D eigenvalue weighted by atomic mass is 9.72. The van der Waals surface area contributed by atoms with Gasteiger partial charge in [-0.05, 0) is 62.3 Å². The molecule has 0 aliphatic carbocycles. The quantitative estimate of drug-likeness (QED) is 0.536. The first-order valence-electron chi connectivity index (χ1n) is 11.3. The van der Waals surface area contributed by atoms with E-state index in [1.54, 1.807) is 0 Å². The van der Waals surface area contributed by atoms with E-state index >= 15 is 0 Å². The molecule has 1 N–H and O–H groups in total. The van der Waals surface area contributed by atoms with E-state index in [0.717, 1.165) is 21.9 Å². The van der Waals surface area contributed by atoms with Crippen molar-refractivity contribution in [3.05, 3.63) is 46.5 Å². The van der Waals surface area contributed by atoms with Crippen LogP contribution in [0.4, 0.5) is 0 Å². The third-order valence-corrected chi connectivity index (χ3v) is 6.11. The molecule has 0 atom stereocenters. The van der Waals surface area contributed by atoms with Crippen LogP contribution in [0.2, 0.25) is 0 Å². The van der Waals surface area contributed by atoms with Crippen molar-refractivity contribution >= 4 is 16.3 Å². The molecule has 0 bridgehead atoms. The Morgan fingerprint density at radius 3 is 1.72 bits per heavy atom. The van der Waals surface area contributed by atoms with Gasteiger partial charge >= 0.3 is 0 Å². The van der Waals surface area contributed by atoms with E-state index in [2.05, 4.69) is 94.9 Å². The summed E-state index contributed by atoms with van der Waals surface area (Å²) >= 11 is 0. The lowest BCUT2D eigenvalue weighted by Gasteiger charge is -2.33. The van der Waals surface area contributed by atoms with Crippen molar-refractivity contribution in [1.82, 2.24) is 0 Å². The van der Waals surface area contributed by atoms with Crippen molar-refractivity contribution in [3.8, 4) is 5.75 Å². The number of hydrogen-bond acceptors (Lipinski definition) is 1. The summed E-state index contributed by atoms with van der Waals surface area (Å²) in [5.74, 6) is 1.87. The highest BCUT2D eigenvalue weighted by atomic mass is 16.3. The van der Waals surface area contributed by atoms with Gasteiger partial charge < -0.3 is 5.11 Å². The van der Waals surface area contributed by atoms with E-state index in [-0.39, 0.29) is 5.41 Å². The second kappa shape index (κ2) is 8.17. The minimum absolute atomic E-state index is 0.161. The lowest BCUT2D eigenvalue weighted by molar-refractivity contribution is 0.448. The highest BCUT2D eigenvalue weighted by Crippen LogP contribution is 2.50. The summed E-state index contributed by atoms with van der Waals surface area (Å²) in [6.45, 7) is 29.0. The molecular formula is C28H42O. The van der Waals surface area contributed by atoms with E-state index in [1.807, 2.05) is 0 Å². The Bertz CT molecular complexity index is 918. The maximum Gasteiger partial charge on any atom is 0.127 e. The summed E-state index contributed by atoms with van der Waals surface area (Å²) in [7, 11) is 0. The lowest BCUT2D eigenvalue weighted by Crippen LogP contribution is -2.18. The number of rotatable bonds is 5. The zero-order valence-corrected chi connectivity index (χ0v) is 20.6. The largest absolute Gasteiger partial charge is 0.507 e. The Morgan fingerprint density at radius 2 is 1.34 bits per heavy atom. The molecule has 0 aliphatic heterocycles. The number of phenolic OH excluding ortho intramolecular Hbond substituents is 1. The smallest absolute Gasteiger partial charge is 0.127 e. The van der Waals surface area contributed by atoms with Crippen molar-refractivity contribution in [1.29, 1.82) is 0 Å². The predicted octanol–water partition coefficient (Wildman–Crippen LogP) is 8.88. The third-order valence-electron chi connectivity index (χ3n) is 6.11. The minimum Gasteiger partial charge on any atom is -0.507 e. The molecule has 0 aliphatic rings. The molecule has 0 saturated carbocycles. The van der Waals surface area contributed by atoms with Crippen molar-refractivity contribution in [3.63, 3.8) is 0 Å². The standard InChI is InChI=1S/C28H42O/c1-15(2)19(9)24-21-14-13-20(16(3)4)22(17(5)6)25(21)27(29)26(28(10,11)12)23(24)18(7)8/h13-18,29H,9H2,1-8,10-12H3. The summed E-state index contributed by atoms with van der Waals surface area (Å²) in [6, 6.07) is 4.51. The molecule has 1 heteroatoms.